The predicted molar refractivity (Wildman–Crippen MR) is 442 cm³/mol. The highest BCUT2D eigenvalue weighted by Gasteiger charge is 2.72. The van der Waals surface area contributed by atoms with Crippen molar-refractivity contribution in [3.8, 4) is 9.75 Å². The first-order chi connectivity index (χ1) is 57.1. The predicted octanol–water partition coefficient (Wildman–Crippen LogP) is 18.4. The number of ether oxygens (including phenoxy) is 6. The first kappa shape index (κ1) is 72.8. The summed E-state index contributed by atoms with van der Waals surface area (Å²) >= 11 is 1.80. The lowest BCUT2D eigenvalue weighted by Crippen LogP contribution is -2.53. The summed E-state index contributed by atoms with van der Waals surface area (Å²) < 4.78 is 39.2. The largest absolute Gasteiger partial charge is 0.459 e. The van der Waals surface area contributed by atoms with Gasteiger partial charge in [0.2, 0.25) is 16.2 Å². The molecular weight excluding hydrogens is 1510 g/mol. The first-order valence-electron chi connectivity index (χ1n) is 37.7. The molecule has 0 saturated heterocycles. The van der Waals surface area contributed by atoms with Crippen LogP contribution >= 0.6 is 22.7 Å². The van der Waals surface area contributed by atoms with E-state index >= 15 is 47.9 Å². The fraction of sp³-hybridized carbons (Fsp3) is 0.0909. The highest BCUT2D eigenvalue weighted by atomic mass is 32.1. The molecule has 0 amide bonds. The molecule has 0 fully saturated rings. The number of carbonyl (C=O) groups excluding carboxylic acids is 10. The molecule has 14 aromatic rings. The second-order valence-electron chi connectivity index (χ2n) is 29.2. The fourth-order valence-electron chi connectivity index (χ4n) is 16.7. The van der Waals surface area contributed by atoms with Gasteiger partial charge in [0.25, 0.3) is 0 Å². The van der Waals surface area contributed by atoms with Crippen molar-refractivity contribution in [1.82, 2.24) is 0 Å². The zero-order valence-electron chi connectivity index (χ0n) is 62.0. The Bertz CT molecular complexity index is 6100. The standard InChI is InChI=1S/C99H62O16S2/c100-85-73-43-67-39-63-35-19-20-36-64(63)40-68(67)44-74(73)86(101)77(85)47-71-49-79-81(97(71,91(104)110-51-57-23-7-1-8-24-57)92(105)111-52-58-25-9-2-10-26-58)83-89(116-79)90-84(99(83,95(108)114-55-61-31-15-5-16-32-61)96(109)115-56-62-33-17-6-18-34-62)82-80(117-90)50-72(48-78-87(102)75-45-69-41-65-37-21-22-38-66(65)42-70(69)46-76(75)88(78)103)98(82,93(106)112-53-59-27-11-3-12-28-59)94(107)113-54-60-29-13-4-14-30-60/h1-50H,51-56H2. The number of rotatable bonds is 20. The highest BCUT2D eigenvalue weighted by molar-refractivity contribution is 7.24. The zero-order valence-corrected chi connectivity index (χ0v) is 63.6. The van der Waals surface area contributed by atoms with Crippen LogP contribution in [0.3, 0.4) is 0 Å². The molecule has 2 heterocycles. The molecule has 0 atom stereocenters. The van der Waals surface area contributed by atoms with Crippen LogP contribution in [0.2, 0.25) is 0 Å². The van der Waals surface area contributed by atoms with E-state index in [-0.39, 0.29) is 52.9 Å². The Hall–Kier alpha value is -14.5. The van der Waals surface area contributed by atoms with Crippen molar-refractivity contribution in [3.63, 3.8) is 0 Å². The molecule has 5 aliphatic rings. The van der Waals surface area contributed by atoms with Crippen molar-refractivity contribution < 1.29 is 76.4 Å². The molecule has 16 nitrogen and oxygen atoms in total. The van der Waals surface area contributed by atoms with E-state index in [0.29, 0.717) is 54.9 Å². The van der Waals surface area contributed by atoms with E-state index < -0.39 is 148 Å². The SMILES string of the molecule is O=C1C(=CC2=Cc3sc4c(c3C2(C(=O)OCc2ccccc2)C(=O)OCc2ccccc2)C(C(=O)OCc2ccccc2)(C(=O)OCc2ccccc2)c2c-4sc3c2C(C(=O)OCc2ccccc2)(C(=O)OCc2ccccc2)C(C=C2C(=O)c4cc5cc6ccccc6cc5cc4C2=O)=C3)C(=O)c2cc3cc4ccccc4cc3cc21. The van der Waals surface area contributed by atoms with E-state index in [4.69, 9.17) is 28.4 Å². The molecule has 117 heavy (non-hydrogen) atoms. The maximum Gasteiger partial charge on any atom is 0.333 e. The lowest BCUT2D eigenvalue weighted by molar-refractivity contribution is -0.168. The van der Waals surface area contributed by atoms with Gasteiger partial charge in [-0.3, -0.25) is 47.9 Å². The van der Waals surface area contributed by atoms with Gasteiger partial charge in [0.15, 0.2) is 23.1 Å². The summed E-state index contributed by atoms with van der Waals surface area (Å²) in [7, 11) is 0. The minimum atomic E-state index is -3.23. The van der Waals surface area contributed by atoms with Crippen LogP contribution in [-0.4, -0.2) is 58.9 Å². The lowest BCUT2D eigenvalue weighted by Gasteiger charge is -2.35. The molecule has 0 unspecified atom stereocenters. The second kappa shape index (κ2) is 29.2. The molecule has 0 N–H and O–H groups in total. The number of Topliss-reactive ketones (excluding diaryl/α,β-unsaturated/α-hetero) is 4. The summed E-state index contributed by atoms with van der Waals surface area (Å²) in [6.45, 7) is -3.11. The van der Waals surface area contributed by atoms with Crippen LogP contribution in [0.5, 0.6) is 0 Å². The van der Waals surface area contributed by atoms with E-state index in [1.165, 1.54) is 24.3 Å². The monoisotopic (exact) mass is 1570 g/mol. The number of hydrogen-bond acceptors (Lipinski definition) is 18. The van der Waals surface area contributed by atoms with Gasteiger partial charge in [-0.2, -0.15) is 0 Å². The van der Waals surface area contributed by atoms with Gasteiger partial charge in [-0.25, -0.2) is 0 Å². The van der Waals surface area contributed by atoms with Crippen molar-refractivity contribution in [2.45, 2.75) is 55.9 Å². The fourth-order valence-corrected chi connectivity index (χ4v) is 19.6. The van der Waals surface area contributed by atoms with Gasteiger partial charge in [0.05, 0.1) is 20.9 Å². The van der Waals surface area contributed by atoms with Gasteiger partial charge in [-0.1, -0.05) is 231 Å². The number of carbonyl (C=O) groups is 10. The summed E-state index contributed by atoms with van der Waals surface area (Å²) in [6.07, 6.45) is 5.19. The van der Waals surface area contributed by atoms with E-state index in [0.717, 1.165) is 44.2 Å². The maximum absolute atomic E-state index is 17.5. The molecule has 5 aliphatic carbocycles. The van der Waals surface area contributed by atoms with Gasteiger partial charge in [-0.05, 0) is 160 Å². The van der Waals surface area contributed by atoms with Gasteiger partial charge < -0.3 is 28.4 Å². The Morgan fingerprint density at radius 1 is 0.256 bits per heavy atom. The second-order valence-corrected chi connectivity index (χ2v) is 31.3. The third-order valence-electron chi connectivity index (χ3n) is 22.4. The summed E-state index contributed by atoms with van der Waals surface area (Å²) in [4.78, 5) is 165. The molecular formula is C99H62O16S2. The average molecular weight is 1570 g/mol. The Morgan fingerprint density at radius 3 is 0.701 bits per heavy atom. The van der Waals surface area contributed by atoms with Crippen molar-refractivity contribution in [2.75, 3.05) is 0 Å². The van der Waals surface area contributed by atoms with Gasteiger partial charge in [-0.15, -0.1) is 22.7 Å². The van der Waals surface area contributed by atoms with Gasteiger partial charge in [0, 0.05) is 54.3 Å². The molecule has 0 bridgehead atoms. The maximum atomic E-state index is 17.5. The molecule has 12 aromatic carbocycles. The average Bonchev–Trinajstić information content (AvgIpc) is 1.48. The van der Waals surface area contributed by atoms with Crippen LogP contribution in [0.15, 0.2) is 313 Å². The number of thiophene rings is 2. The van der Waals surface area contributed by atoms with Gasteiger partial charge >= 0.3 is 35.8 Å². The molecule has 0 spiro atoms. The molecule has 0 radical (unpaired) electrons. The van der Waals surface area contributed by atoms with Crippen LogP contribution in [0, 0.1) is 0 Å². The van der Waals surface area contributed by atoms with E-state index in [1.54, 1.807) is 206 Å². The minimum Gasteiger partial charge on any atom is -0.459 e. The zero-order chi connectivity index (χ0) is 79.8. The van der Waals surface area contributed by atoms with E-state index in [2.05, 4.69) is 0 Å². The van der Waals surface area contributed by atoms with E-state index in [1.807, 2.05) is 72.8 Å². The number of allylic oxidation sites excluding steroid dienone is 4. The Labute approximate surface area is 675 Å². The Balaban J connectivity index is 0.883. The quantitative estimate of drug-likeness (QED) is 0.0173. The normalized spacial score (nSPS) is 14.7. The molecule has 0 saturated carbocycles. The molecule has 18 heteroatoms. The number of esters is 6. The van der Waals surface area contributed by atoms with Crippen LogP contribution in [0.25, 0.3) is 65.0 Å². The Morgan fingerprint density at radius 2 is 0.470 bits per heavy atom. The smallest absolute Gasteiger partial charge is 0.333 e. The number of benzene rings is 12. The number of fused-ring (bicyclic) bond motifs is 13. The third-order valence-corrected chi connectivity index (χ3v) is 24.8. The third kappa shape index (κ3) is 12.0. The molecule has 0 aliphatic heterocycles. The highest BCUT2D eigenvalue weighted by Crippen LogP contribution is 2.68. The summed E-state index contributed by atoms with van der Waals surface area (Å²) in [5.41, 5.74) is -9.83. The summed E-state index contributed by atoms with van der Waals surface area (Å²) in [5, 5.41) is 6.10. The van der Waals surface area contributed by atoms with Crippen LogP contribution in [0.1, 0.15) is 107 Å². The Kier molecular flexibility index (Phi) is 18.1. The minimum absolute atomic E-state index is 0.0232. The van der Waals surface area contributed by atoms with E-state index in [9.17, 15) is 0 Å². The molecule has 19 rings (SSSR count). The topological polar surface area (TPSA) is 226 Å². The van der Waals surface area contributed by atoms with Crippen molar-refractivity contribution in [1.29, 1.82) is 0 Å². The molecule has 2 aromatic heterocycles. The van der Waals surface area contributed by atoms with Crippen LogP contribution in [0.4, 0.5) is 0 Å². The van der Waals surface area contributed by atoms with Crippen molar-refractivity contribution in [3.05, 3.63) is 401 Å². The first-order valence-corrected chi connectivity index (χ1v) is 39.4. The lowest BCUT2D eigenvalue weighted by atomic mass is 9.66. The number of hydrogen-bond donors (Lipinski definition) is 0. The molecule has 566 valence electrons. The summed E-state index contributed by atoms with van der Waals surface area (Å²) in [5.74, 6) is -11.2. The van der Waals surface area contributed by atoms with Crippen molar-refractivity contribution in [2.24, 2.45) is 0 Å². The van der Waals surface area contributed by atoms with Crippen LogP contribution < -0.4 is 0 Å². The number of ketones is 4. The summed E-state index contributed by atoms with van der Waals surface area (Å²) in [6, 6.07) is 80.7. The van der Waals surface area contributed by atoms with Crippen molar-refractivity contribution >= 4 is 137 Å². The van der Waals surface area contributed by atoms with Gasteiger partial charge in [0.1, 0.15) is 39.6 Å². The van der Waals surface area contributed by atoms with Crippen LogP contribution in [-0.2, 0) is 113 Å².